The highest BCUT2D eigenvalue weighted by Gasteiger charge is 2.26. The molecule has 122 valence electrons. The fourth-order valence-electron chi connectivity index (χ4n) is 2.89. The van der Waals surface area contributed by atoms with Gasteiger partial charge in [0, 0.05) is 16.3 Å². The first-order chi connectivity index (χ1) is 11.0. The number of nitrogens with two attached hydrogens (primary N) is 1. The molecule has 0 aromatic carbocycles. The molecule has 3 rings (SSSR count). The Hall–Kier alpha value is -1.70. The van der Waals surface area contributed by atoms with E-state index in [-0.39, 0.29) is 12.5 Å². The Bertz CT molecular complexity index is 722. The van der Waals surface area contributed by atoms with Crippen LogP contribution in [0.3, 0.4) is 0 Å². The lowest BCUT2D eigenvalue weighted by Crippen LogP contribution is -2.30. The van der Waals surface area contributed by atoms with Crippen molar-refractivity contribution in [3.05, 3.63) is 38.4 Å². The summed E-state index contributed by atoms with van der Waals surface area (Å²) >= 11 is 3.16. The quantitative estimate of drug-likeness (QED) is 0.841. The van der Waals surface area contributed by atoms with Gasteiger partial charge in [-0.2, -0.15) is 0 Å². The third-order valence-electron chi connectivity index (χ3n) is 3.84. The number of fused-ring (bicyclic) bond motifs is 1. The van der Waals surface area contributed by atoms with Crippen molar-refractivity contribution in [3.8, 4) is 0 Å². The number of aryl methyl sites for hydroxylation is 1. The van der Waals surface area contributed by atoms with Gasteiger partial charge in [-0.3, -0.25) is 14.5 Å². The number of rotatable bonds is 6. The van der Waals surface area contributed by atoms with Crippen molar-refractivity contribution in [2.75, 3.05) is 18.9 Å². The van der Waals surface area contributed by atoms with E-state index in [4.69, 9.17) is 5.73 Å². The highest BCUT2D eigenvalue weighted by atomic mass is 32.1. The van der Waals surface area contributed by atoms with Crippen molar-refractivity contribution in [3.63, 3.8) is 0 Å². The molecule has 7 heteroatoms. The molecule has 2 heterocycles. The van der Waals surface area contributed by atoms with E-state index in [9.17, 15) is 9.59 Å². The lowest BCUT2D eigenvalue weighted by atomic mass is 10.1. The zero-order valence-electron chi connectivity index (χ0n) is 12.9. The lowest BCUT2D eigenvalue weighted by Gasteiger charge is -2.15. The van der Waals surface area contributed by atoms with Crippen LogP contribution in [0.4, 0.5) is 5.00 Å². The van der Waals surface area contributed by atoms with Crippen molar-refractivity contribution >= 4 is 39.5 Å². The second-order valence-corrected chi connectivity index (χ2v) is 7.86. The highest BCUT2D eigenvalue weighted by Crippen LogP contribution is 2.38. The zero-order valence-corrected chi connectivity index (χ0v) is 14.6. The van der Waals surface area contributed by atoms with Crippen molar-refractivity contribution in [2.45, 2.75) is 25.8 Å². The predicted molar refractivity (Wildman–Crippen MR) is 94.1 cm³/mol. The number of carbonyl (C=O) groups is 2. The minimum Gasteiger partial charge on any atom is -0.365 e. The number of hydrogen-bond donors (Lipinski definition) is 2. The molecule has 0 radical (unpaired) electrons. The van der Waals surface area contributed by atoms with Gasteiger partial charge >= 0.3 is 0 Å². The summed E-state index contributed by atoms with van der Waals surface area (Å²) in [5.74, 6) is -0.571. The van der Waals surface area contributed by atoms with Crippen LogP contribution in [-0.2, 0) is 24.2 Å². The van der Waals surface area contributed by atoms with Gasteiger partial charge in [-0.1, -0.05) is 6.07 Å². The van der Waals surface area contributed by atoms with Crippen molar-refractivity contribution in [2.24, 2.45) is 5.73 Å². The molecular formula is C16H19N3O2S2. The number of amides is 2. The highest BCUT2D eigenvalue weighted by molar-refractivity contribution is 7.17. The van der Waals surface area contributed by atoms with Gasteiger partial charge in [0.15, 0.2) is 0 Å². The Kier molecular flexibility index (Phi) is 4.79. The maximum Gasteiger partial charge on any atom is 0.251 e. The van der Waals surface area contributed by atoms with Gasteiger partial charge in [0.1, 0.15) is 5.00 Å². The molecule has 2 aromatic rings. The summed E-state index contributed by atoms with van der Waals surface area (Å²) in [7, 11) is 1.91. The Morgan fingerprint density at radius 2 is 2.22 bits per heavy atom. The molecule has 0 saturated carbocycles. The van der Waals surface area contributed by atoms with E-state index in [1.54, 1.807) is 11.3 Å². The summed E-state index contributed by atoms with van der Waals surface area (Å²) in [6.07, 6.45) is 2.89. The molecule has 0 atom stereocenters. The van der Waals surface area contributed by atoms with Crippen molar-refractivity contribution < 1.29 is 9.59 Å². The molecule has 0 saturated heterocycles. The molecule has 2 aromatic heterocycles. The zero-order chi connectivity index (χ0) is 16.4. The van der Waals surface area contributed by atoms with Crippen molar-refractivity contribution in [1.29, 1.82) is 0 Å². The van der Waals surface area contributed by atoms with Crippen LogP contribution in [0.5, 0.6) is 0 Å². The Balaban J connectivity index is 1.65. The number of nitrogens with one attached hydrogen (secondary N) is 1. The Morgan fingerprint density at radius 3 is 2.91 bits per heavy atom. The van der Waals surface area contributed by atoms with E-state index in [0.717, 1.165) is 31.4 Å². The Morgan fingerprint density at radius 1 is 1.39 bits per heavy atom. The van der Waals surface area contributed by atoms with E-state index in [2.05, 4.69) is 5.32 Å². The summed E-state index contributed by atoms with van der Waals surface area (Å²) in [5, 5.41) is 5.50. The Labute approximate surface area is 143 Å². The van der Waals surface area contributed by atoms with Gasteiger partial charge < -0.3 is 11.1 Å². The molecular weight excluding hydrogens is 330 g/mol. The van der Waals surface area contributed by atoms with Gasteiger partial charge in [-0.05, 0) is 43.3 Å². The average Bonchev–Trinajstić information content (AvgIpc) is 3.14. The minimum atomic E-state index is -0.452. The van der Waals surface area contributed by atoms with E-state index >= 15 is 0 Å². The van der Waals surface area contributed by atoms with E-state index < -0.39 is 5.91 Å². The number of hydrogen-bond acceptors (Lipinski definition) is 5. The number of carbonyl (C=O) groups excluding carboxylic acids is 2. The van der Waals surface area contributed by atoms with Gasteiger partial charge in [-0.15, -0.1) is 22.7 Å². The van der Waals surface area contributed by atoms with Gasteiger partial charge in [0.05, 0.1) is 12.1 Å². The van der Waals surface area contributed by atoms with E-state index in [1.807, 2.05) is 29.5 Å². The smallest absolute Gasteiger partial charge is 0.251 e. The lowest BCUT2D eigenvalue weighted by molar-refractivity contribution is -0.117. The summed E-state index contributed by atoms with van der Waals surface area (Å²) < 4.78 is 0. The number of likely N-dealkylation sites (N-methyl/N-ethyl adjacent to an activating group) is 1. The van der Waals surface area contributed by atoms with Crippen LogP contribution < -0.4 is 11.1 Å². The third kappa shape index (κ3) is 3.63. The SMILES string of the molecule is CN(CC(=O)Nc1sc2c(c1C(N)=O)CCC2)Cc1cccs1. The van der Waals surface area contributed by atoms with Crippen molar-refractivity contribution in [1.82, 2.24) is 4.90 Å². The molecule has 0 fully saturated rings. The van der Waals surface area contributed by atoms with Crippen LogP contribution in [0.2, 0.25) is 0 Å². The second kappa shape index (κ2) is 6.82. The first-order valence-corrected chi connectivity index (χ1v) is 9.19. The molecule has 2 amide bonds. The molecule has 23 heavy (non-hydrogen) atoms. The fourth-order valence-corrected chi connectivity index (χ4v) is 4.98. The van der Waals surface area contributed by atoms with Crippen LogP contribution in [0.1, 0.15) is 32.1 Å². The largest absolute Gasteiger partial charge is 0.365 e. The molecule has 0 aliphatic heterocycles. The standard InChI is InChI=1S/C16H19N3O2S2/c1-19(8-10-4-3-7-22-10)9-13(20)18-16-14(15(17)21)11-5-2-6-12(11)23-16/h3-4,7H,2,5-6,8-9H2,1H3,(H2,17,21)(H,18,20). The summed E-state index contributed by atoms with van der Waals surface area (Å²) in [5.41, 5.74) is 7.05. The first kappa shape index (κ1) is 16.2. The summed E-state index contributed by atoms with van der Waals surface area (Å²) in [4.78, 5) is 28.3. The number of primary amides is 1. The summed E-state index contributed by atoms with van der Waals surface area (Å²) in [6.45, 7) is 1.01. The average molecular weight is 349 g/mol. The minimum absolute atomic E-state index is 0.119. The molecule has 1 aliphatic carbocycles. The van der Waals surface area contributed by atoms with E-state index in [1.165, 1.54) is 21.1 Å². The van der Waals surface area contributed by atoms with E-state index in [0.29, 0.717) is 10.6 Å². The fraction of sp³-hybridized carbons (Fsp3) is 0.375. The molecule has 0 spiro atoms. The second-order valence-electron chi connectivity index (χ2n) is 5.73. The van der Waals surface area contributed by atoms with Crippen LogP contribution in [0.25, 0.3) is 0 Å². The topological polar surface area (TPSA) is 75.4 Å². The number of anilines is 1. The first-order valence-electron chi connectivity index (χ1n) is 7.49. The number of thiophene rings is 2. The summed E-state index contributed by atoms with van der Waals surface area (Å²) in [6, 6.07) is 4.05. The molecule has 1 aliphatic rings. The maximum absolute atomic E-state index is 12.3. The number of nitrogens with zero attached hydrogens (tertiary/aromatic N) is 1. The maximum atomic E-state index is 12.3. The third-order valence-corrected chi connectivity index (χ3v) is 5.91. The van der Waals surface area contributed by atoms with Gasteiger partial charge in [0.2, 0.25) is 5.91 Å². The van der Waals surface area contributed by atoms with Crippen LogP contribution in [-0.4, -0.2) is 30.3 Å². The normalized spacial score (nSPS) is 13.3. The molecule has 5 nitrogen and oxygen atoms in total. The van der Waals surface area contributed by atoms with Crippen LogP contribution >= 0.6 is 22.7 Å². The van der Waals surface area contributed by atoms with Gasteiger partial charge in [0.25, 0.3) is 5.91 Å². The van der Waals surface area contributed by atoms with Crippen LogP contribution in [0, 0.1) is 0 Å². The van der Waals surface area contributed by atoms with Gasteiger partial charge in [-0.25, -0.2) is 0 Å². The van der Waals surface area contributed by atoms with Crippen LogP contribution in [0.15, 0.2) is 17.5 Å². The molecule has 0 unspecified atom stereocenters. The predicted octanol–water partition coefficient (Wildman–Crippen LogP) is 2.47. The molecule has 3 N–H and O–H groups in total. The monoisotopic (exact) mass is 349 g/mol. The molecule has 0 bridgehead atoms.